The minimum Gasteiger partial charge on any atom is -0.493 e. The molecule has 2 N–H and O–H groups in total. The standard InChI is InChI=1S/C24H34N4O2/c1-4-30-22-11-10-20(16-23(22)29-3)17-26-24(25-2)27-21-12-14-28(15-13-21)18-19-8-6-5-7-9-19/h5-11,16,21H,4,12-15,17-18H2,1-3H3,(H2,25,26,27). The number of guanidine groups is 1. The van der Waals surface area contributed by atoms with Crippen LogP contribution < -0.4 is 20.1 Å². The highest BCUT2D eigenvalue weighted by Crippen LogP contribution is 2.28. The lowest BCUT2D eigenvalue weighted by Gasteiger charge is -2.33. The molecule has 6 nitrogen and oxygen atoms in total. The molecular formula is C24H34N4O2. The molecule has 1 aliphatic heterocycles. The van der Waals surface area contributed by atoms with E-state index >= 15 is 0 Å². The zero-order valence-corrected chi connectivity index (χ0v) is 18.4. The van der Waals surface area contributed by atoms with Crippen LogP contribution >= 0.6 is 0 Å². The Balaban J connectivity index is 1.45. The van der Waals surface area contributed by atoms with Gasteiger partial charge in [0.1, 0.15) is 0 Å². The molecule has 1 aliphatic rings. The van der Waals surface area contributed by atoms with E-state index in [-0.39, 0.29) is 0 Å². The predicted molar refractivity (Wildman–Crippen MR) is 122 cm³/mol. The van der Waals surface area contributed by atoms with Crippen LogP contribution in [0.4, 0.5) is 0 Å². The van der Waals surface area contributed by atoms with Crippen molar-refractivity contribution >= 4 is 5.96 Å². The maximum absolute atomic E-state index is 5.59. The van der Waals surface area contributed by atoms with Gasteiger partial charge in [-0.1, -0.05) is 36.4 Å². The summed E-state index contributed by atoms with van der Waals surface area (Å²) in [6, 6.07) is 17.2. The minimum atomic E-state index is 0.443. The number of ether oxygens (including phenoxy) is 2. The number of piperidine rings is 1. The van der Waals surface area contributed by atoms with Crippen LogP contribution in [0, 0.1) is 0 Å². The lowest BCUT2D eigenvalue weighted by atomic mass is 10.0. The molecule has 0 amide bonds. The van der Waals surface area contributed by atoms with Crippen molar-refractivity contribution in [2.75, 3.05) is 33.9 Å². The molecular weight excluding hydrogens is 376 g/mol. The summed E-state index contributed by atoms with van der Waals surface area (Å²) in [6.07, 6.45) is 2.23. The number of nitrogens with zero attached hydrogens (tertiary/aromatic N) is 2. The van der Waals surface area contributed by atoms with E-state index in [1.54, 1.807) is 7.11 Å². The van der Waals surface area contributed by atoms with Crippen LogP contribution in [0.15, 0.2) is 53.5 Å². The zero-order chi connectivity index (χ0) is 21.2. The Morgan fingerprint density at radius 3 is 2.50 bits per heavy atom. The van der Waals surface area contributed by atoms with Gasteiger partial charge in [0.25, 0.3) is 0 Å². The monoisotopic (exact) mass is 410 g/mol. The summed E-state index contributed by atoms with van der Waals surface area (Å²) < 4.78 is 11.0. The van der Waals surface area contributed by atoms with Gasteiger partial charge < -0.3 is 20.1 Å². The molecule has 30 heavy (non-hydrogen) atoms. The second-order valence-electron chi connectivity index (χ2n) is 7.52. The van der Waals surface area contributed by atoms with E-state index in [0.29, 0.717) is 19.2 Å². The summed E-state index contributed by atoms with van der Waals surface area (Å²) >= 11 is 0. The van der Waals surface area contributed by atoms with Crippen LogP contribution in [0.5, 0.6) is 11.5 Å². The Morgan fingerprint density at radius 1 is 1.07 bits per heavy atom. The molecule has 0 radical (unpaired) electrons. The topological polar surface area (TPSA) is 58.1 Å². The second-order valence-corrected chi connectivity index (χ2v) is 7.52. The van der Waals surface area contributed by atoms with Crippen molar-refractivity contribution in [3.05, 3.63) is 59.7 Å². The first-order valence-electron chi connectivity index (χ1n) is 10.7. The van der Waals surface area contributed by atoms with Gasteiger partial charge in [0.2, 0.25) is 0 Å². The quantitative estimate of drug-likeness (QED) is 0.516. The van der Waals surface area contributed by atoms with Crippen LogP contribution in [0.1, 0.15) is 30.9 Å². The highest BCUT2D eigenvalue weighted by Gasteiger charge is 2.20. The molecule has 0 bridgehead atoms. The van der Waals surface area contributed by atoms with Crippen molar-refractivity contribution in [2.24, 2.45) is 4.99 Å². The third-order valence-electron chi connectivity index (χ3n) is 5.39. The molecule has 162 valence electrons. The van der Waals surface area contributed by atoms with Gasteiger partial charge in [0.15, 0.2) is 17.5 Å². The number of benzene rings is 2. The Labute approximate surface area is 180 Å². The largest absolute Gasteiger partial charge is 0.493 e. The predicted octanol–water partition coefficient (Wildman–Crippen LogP) is 3.42. The number of nitrogens with one attached hydrogen (secondary N) is 2. The van der Waals surface area contributed by atoms with Gasteiger partial charge >= 0.3 is 0 Å². The van der Waals surface area contributed by atoms with Crippen molar-refractivity contribution in [3.8, 4) is 11.5 Å². The first kappa shape index (κ1) is 22.0. The molecule has 2 aromatic rings. The smallest absolute Gasteiger partial charge is 0.191 e. The SMILES string of the molecule is CCOc1ccc(CNC(=NC)NC2CCN(Cc3ccccc3)CC2)cc1OC. The average molecular weight is 411 g/mol. The minimum absolute atomic E-state index is 0.443. The second kappa shape index (κ2) is 11.5. The van der Waals surface area contributed by atoms with Crippen molar-refractivity contribution < 1.29 is 9.47 Å². The van der Waals surface area contributed by atoms with Crippen LogP contribution in [0.3, 0.4) is 0 Å². The lowest BCUT2D eigenvalue weighted by Crippen LogP contribution is -2.48. The Hall–Kier alpha value is -2.73. The maximum Gasteiger partial charge on any atom is 0.191 e. The molecule has 6 heteroatoms. The summed E-state index contributed by atoms with van der Waals surface area (Å²) in [7, 11) is 3.48. The summed E-state index contributed by atoms with van der Waals surface area (Å²) in [5.74, 6) is 2.36. The summed E-state index contributed by atoms with van der Waals surface area (Å²) in [5.41, 5.74) is 2.50. The number of methoxy groups -OCH3 is 1. The normalized spacial score (nSPS) is 15.6. The van der Waals surface area contributed by atoms with Gasteiger partial charge in [-0.3, -0.25) is 9.89 Å². The zero-order valence-electron chi connectivity index (χ0n) is 18.4. The van der Waals surface area contributed by atoms with Crippen LogP contribution in [0.25, 0.3) is 0 Å². The van der Waals surface area contributed by atoms with E-state index < -0.39 is 0 Å². The summed E-state index contributed by atoms with van der Waals surface area (Å²) in [6.45, 7) is 6.49. The number of likely N-dealkylation sites (tertiary alicyclic amines) is 1. The lowest BCUT2D eigenvalue weighted by molar-refractivity contribution is 0.198. The van der Waals surface area contributed by atoms with Gasteiger partial charge in [-0.2, -0.15) is 0 Å². The Bertz CT molecular complexity index is 802. The number of hydrogen-bond acceptors (Lipinski definition) is 4. The maximum atomic E-state index is 5.59. The van der Waals surface area contributed by atoms with E-state index in [2.05, 4.69) is 56.9 Å². The third kappa shape index (κ3) is 6.39. The Kier molecular flexibility index (Phi) is 8.39. The van der Waals surface area contributed by atoms with E-state index in [0.717, 1.165) is 55.5 Å². The molecule has 0 unspecified atom stereocenters. The number of aliphatic imine (C=N–C) groups is 1. The first-order chi connectivity index (χ1) is 14.7. The number of hydrogen-bond donors (Lipinski definition) is 2. The van der Waals surface area contributed by atoms with Crippen LogP contribution in [-0.4, -0.2) is 50.8 Å². The van der Waals surface area contributed by atoms with Gasteiger partial charge in [0.05, 0.1) is 13.7 Å². The highest BCUT2D eigenvalue weighted by molar-refractivity contribution is 5.80. The van der Waals surface area contributed by atoms with Gasteiger partial charge in [-0.05, 0) is 43.0 Å². The Morgan fingerprint density at radius 2 is 1.83 bits per heavy atom. The van der Waals surface area contributed by atoms with E-state index in [9.17, 15) is 0 Å². The fourth-order valence-electron chi connectivity index (χ4n) is 3.75. The molecule has 2 aromatic carbocycles. The fourth-order valence-corrected chi connectivity index (χ4v) is 3.75. The molecule has 0 saturated carbocycles. The van der Waals surface area contributed by atoms with Crippen molar-refractivity contribution in [2.45, 2.75) is 38.9 Å². The van der Waals surface area contributed by atoms with Crippen LogP contribution in [-0.2, 0) is 13.1 Å². The third-order valence-corrected chi connectivity index (χ3v) is 5.39. The molecule has 0 aromatic heterocycles. The van der Waals surface area contributed by atoms with E-state index in [1.807, 2.05) is 26.1 Å². The van der Waals surface area contributed by atoms with E-state index in [4.69, 9.17) is 9.47 Å². The van der Waals surface area contributed by atoms with Crippen molar-refractivity contribution in [1.82, 2.24) is 15.5 Å². The van der Waals surface area contributed by atoms with Gasteiger partial charge in [0, 0.05) is 39.3 Å². The van der Waals surface area contributed by atoms with Crippen molar-refractivity contribution in [1.29, 1.82) is 0 Å². The molecule has 1 fully saturated rings. The van der Waals surface area contributed by atoms with E-state index in [1.165, 1.54) is 5.56 Å². The van der Waals surface area contributed by atoms with Crippen molar-refractivity contribution in [3.63, 3.8) is 0 Å². The first-order valence-corrected chi connectivity index (χ1v) is 10.7. The average Bonchev–Trinajstić information content (AvgIpc) is 2.79. The molecule has 0 aliphatic carbocycles. The molecule has 0 atom stereocenters. The number of rotatable bonds is 8. The molecule has 1 saturated heterocycles. The molecule has 3 rings (SSSR count). The highest BCUT2D eigenvalue weighted by atomic mass is 16.5. The van der Waals surface area contributed by atoms with Crippen LogP contribution in [0.2, 0.25) is 0 Å². The van der Waals surface area contributed by atoms with Gasteiger partial charge in [-0.15, -0.1) is 0 Å². The van der Waals surface area contributed by atoms with Gasteiger partial charge in [-0.25, -0.2) is 0 Å². The summed E-state index contributed by atoms with van der Waals surface area (Å²) in [4.78, 5) is 6.92. The summed E-state index contributed by atoms with van der Waals surface area (Å²) in [5, 5.41) is 6.99. The fraction of sp³-hybridized carbons (Fsp3) is 0.458. The molecule has 1 heterocycles. The molecule has 0 spiro atoms.